The molecule has 0 fully saturated rings. The molecular formula is C14H16BrN3. The largest absolute Gasteiger partial charge is 0.297 e. The highest BCUT2D eigenvalue weighted by Gasteiger charge is 2.06. The molecule has 4 heteroatoms. The zero-order valence-corrected chi connectivity index (χ0v) is 12.1. The van der Waals surface area contributed by atoms with Gasteiger partial charge in [0.1, 0.15) is 0 Å². The Labute approximate surface area is 117 Å². The molecule has 0 spiro atoms. The average molecular weight is 306 g/mol. The minimum absolute atomic E-state index is 0.498. The van der Waals surface area contributed by atoms with Crippen molar-refractivity contribution in [1.82, 2.24) is 4.90 Å². The van der Waals surface area contributed by atoms with E-state index in [1.54, 1.807) is 0 Å². The summed E-state index contributed by atoms with van der Waals surface area (Å²) in [7, 11) is 0. The third-order valence-corrected chi connectivity index (χ3v) is 3.58. The second kappa shape index (κ2) is 7.87. The van der Waals surface area contributed by atoms with Crippen molar-refractivity contribution in [3.63, 3.8) is 0 Å². The number of halogens is 1. The summed E-state index contributed by atoms with van der Waals surface area (Å²) in [5, 5.41) is 17.3. The molecule has 0 N–H and O–H groups in total. The normalized spacial score (nSPS) is 10.1. The summed E-state index contributed by atoms with van der Waals surface area (Å²) in [6, 6.07) is 10.6. The number of hydrogen-bond acceptors (Lipinski definition) is 3. The number of aryl methyl sites for hydroxylation is 1. The number of benzene rings is 1. The lowest BCUT2D eigenvalue weighted by Crippen LogP contribution is -2.25. The van der Waals surface area contributed by atoms with Gasteiger partial charge in [0.2, 0.25) is 0 Å². The molecule has 0 aliphatic carbocycles. The number of nitriles is 2. The fourth-order valence-corrected chi connectivity index (χ4v) is 2.11. The van der Waals surface area contributed by atoms with Crippen molar-refractivity contribution < 1.29 is 0 Å². The summed E-state index contributed by atoms with van der Waals surface area (Å²) >= 11 is 3.52. The van der Waals surface area contributed by atoms with Gasteiger partial charge >= 0.3 is 0 Å². The Morgan fingerprint density at radius 1 is 1.17 bits per heavy atom. The van der Waals surface area contributed by atoms with E-state index < -0.39 is 0 Å². The summed E-state index contributed by atoms with van der Waals surface area (Å²) in [6.07, 6.45) is 0.997. The minimum Gasteiger partial charge on any atom is -0.297 e. The number of rotatable bonds is 6. The second-order valence-electron chi connectivity index (χ2n) is 4.18. The molecule has 0 aliphatic rings. The maximum Gasteiger partial charge on any atom is 0.0635 e. The van der Waals surface area contributed by atoms with Gasteiger partial charge in [-0.05, 0) is 24.1 Å². The highest BCUT2D eigenvalue weighted by atomic mass is 79.9. The first-order chi connectivity index (χ1) is 8.67. The molecule has 1 rings (SSSR count). The molecule has 0 radical (unpaired) electrons. The van der Waals surface area contributed by atoms with Crippen molar-refractivity contribution in [2.24, 2.45) is 0 Å². The Morgan fingerprint density at radius 2 is 1.78 bits per heavy atom. The average Bonchev–Trinajstić information content (AvgIpc) is 2.37. The standard InChI is InChI=1S/C14H16BrN3/c1-12-4-5-13(10-14(12)15)11-18(8-2-6-16)9-3-7-17/h4-5,10H,2-3,8-9,11H2,1H3. The van der Waals surface area contributed by atoms with E-state index in [4.69, 9.17) is 10.5 Å². The van der Waals surface area contributed by atoms with Crippen LogP contribution in [0.2, 0.25) is 0 Å². The van der Waals surface area contributed by atoms with Gasteiger partial charge in [0.25, 0.3) is 0 Å². The van der Waals surface area contributed by atoms with Crippen LogP contribution >= 0.6 is 15.9 Å². The van der Waals surface area contributed by atoms with Gasteiger partial charge < -0.3 is 0 Å². The van der Waals surface area contributed by atoms with Crippen LogP contribution in [0.4, 0.5) is 0 Å². The van der Waals surface area contributed by atoms with Crippen LogP contribution in [0.5, 0.6) is 0 Å². The van der Waals surface area contributed by atoms with Gasteiger partial charge in [-0.2, -0.15) is 10.5 Å². The smallest absolute Gasteiger partial charge is 0.0635 e. The van der Waals surface area contributed by atoms with Crippen LogP contribution in [0, 0.1) is 29.6 Å². The summed E-state index contributed by atoms with van der Waals surface area (Å²) in [6.45, 7) is 4.26. The predicted octanol–water partition coefficient (Wildman–Crippen LogP) is 3.39. The van der Waals surface area contributed by atoms with E-state index in [1.165, 1.54) is 11.1 Å². The topological polar surface area (TPSA) is 50.8 Å². The van der Waals surface area contributed by atoms with E-state index in [0.29, 0.717) is 25.9 Å². The minimum atomic E-state index is 0.498. The van der Waals surface area contributed by atoms with Gasteiger partial charge in [-0.15, -0.1) is 0 Å². The van der Waals surface area contributed by atoms with E-state index in [2.05, 4.69) is 58.1 Å². The molecule has 0 saturated heterocycles. The fourth-order valence-electron chi connectivity index (χ4n) is 1.68. The maximum absolute atomic E-state index is 8.64. The highest BCUT2D eigenvalue weighted by Crippen LogP contribution is 2.18. The molecule has 0 atom stereocenters. The van der Waals surface area contributed by atoms with Crippen molar-refractivity contribution in [3.05, 3.63) is 33.8 Å². The third-order valence-electron chi connectivity index (χ3n) is 2.72. The van der Waals surface area contributed by atoms with E-state index >= 15 is 0 Å². The first-order valence-corrected chi connectivity index (χ1v) is 6.68. The van der Waals surface area contributed by atoms with Crippen molar-refractivity contribution in [1.29, 1.82) is 10.5 Å². The van der Waals surface area contributed by atoms with E-state index in [0.717, 1.165) is 11.0 Å². The van der Waals surface area contributed by atoms with Gasteiger partial charge in [0.15, 0.2) is 0 Å². The van der Waals surface area contributed by atoms with Crippen molar-refractivity contribution in [3.8, 4) is 12.1 Å². The number of hydrogen-bond donors (Lipinski definition) is 0. The first-order valence-electron chi connectivity index (χ1n) is 5.88. The Hall–Kier alpha value is -1.36. The molecule has 1 aromatic carbocycles. The Kier molecular flexibility index (Phi) is 6.43. The summed E-state index contributed by atoms with van der Waals surface area (Å²) in [5.41, 5.74) is 2.41. The summed E-state index contributed by atoms with van der Waals surface area (Å²) in [5.74, 6) is 0. The monoisotopic (exact) mass is 305 g/mol. The summed E-state index contributed by atoms with van der Waals surface area (Å²) < 4.78 is 1.10. The van der Waals surface area contributed by atoms with Crippen LogP contribution in [-0.2, 0) is 6.54 Å². The summed E-state index contributed by atoms with van der Waals surface area (Å²) in [4.78, 5) is 2.14. The van der Waals surface area contributed by atoms with Crippen molar-refractivity contribution in [2.45, 2.75) is 26.3 Å². The molecule has 94 valence electrons. The SMILES string of the molecule is Cc1ccc(CN(CCC#N)CCC#N)cc1Br. The third kappa shape index (κ3) is 4.87. The highest BCUT2D eigenvalue weighted by molar-refractivity contribution is 9.10. The Bertz CT molecular complexity index is 453. The van der Waals surface area contributed by atoms with Crippen molar-refractivity contribution in [2.75, 3.05) is 13.1 Å². The Balaban J connectivity index is 2.66. The van der Waals surface area contributed by atoms with Gasteiger partial charge in [-0.3, -0.25) is 4.90 Å². The molecule has 0 heterocycles. The quantitative estimate of drug-likeness (QED) is 0.809. The molecule has 0 aromatic heterocycles. The van der Waals surface area contributed by atoms with Crippen molar-refractivity contribution >= 4 is 15.9 Å². The van der Waals surface area contributed by atoms with Gasteiger partial charge in [0.05, 0.1) is 12.1 Å². The van der Waals surface area contributed by atoms with E-state index in [9.17, 15) is 0 Å². The lowest BCUT2D eigenvalue weighted by Gasteiger charge is -2.20. The molecular weight excluding hydrogens is 290 g/mol. The van der Waals surface area contributed by atoms with Crippen LogP contribution < -0.4 is 0 Å². The lowest BCUT2D eigenvalue weighted by atomic mass is 10.1. The zero-order valence-electron chi connectivity index (χ0n) is 10.5. The second-order valence-corrected chi connectivity index (χ2v) is 5.03. The Morgan fingerprint density at radius 3 is 2.28 bits per heavy atom. The van der Waals surface area contributed by atoms with Crippen LogP contribution in [-0.4, -0.2) is 18.0 Å². The lowest BCUT2D eigenvalue weighted by molar-refractivity contribution is 0.278. The zero-order chi connectivity index (χ0) is 13.4. The molecule has 18 heavy (non-hydrogen) atoms. The molecule has 0 saturated carbocycles. The van der Waals surface area contributed by atoms with Gasteiger partial charge in [-0.25, -0.2) is 0 Å². The predicted molar refractivity (Wildman–Crippen MR) is 74.6 cm³/mol. The molecule has 0 bridgehead atoms. The van der Waals surface area contributed by atoms with Crippen LogP contribution in [0.1, 0.15) is 24.0 Å². The van der Waals surface area contributed by atoms with Gasteiger partial charge in [0, 0.05) is 36.9 Å². The maximum atomic E-state index is 8.64. The molecule has 1 aromatic rings. The first kappa shape index (κ1) is 14.7. The van der Waals surface area contributed by atoms with Crippen LogP contribution in [0.25, 0.3) is 0 Å². The van der Waals surface area contributed by atoms with Gasteiger partial charge in [-0.1, -0.05) is 28.1 Å². The van der Waals surface area contributed by atoms with E-state index in [1.807, 2.05) is 0 Å². The molecule has 0 amide bonds. The fraction of sp³-hybridized carbons (Fsp3) is 0.429. The number of nitrogens with zero attached hydrogens (tertiary/aromatic N) is 3. The van der Waals surface area contributed by atoms with Crippen LogP contribution in [0.3, 0.4) is 0 Å². The molecule has 0 unspecified atom stereocenters. The van der Waals surface area contributed by atoms with E-state index in [-0.39, 0.29) is 0 Å². The molecule has 3 nitrogen and oxygen atoms in total. The molecule has 0 aliphatic heterocycles. The van der Waals surface area contributed by atoms with Crippen LogP contribution in [0.15, 0.2) is 22.7 Å².